The smallest absolute Gasteiger partial charge is 0.293 e. The lowest BCUT2D eigenvalue weighted by molar-refractivity contribution is 0.0997. The molecule has 0 radical (unpaired) electrons. The summed E-state index contributed by atoms with van der Waals surface area (Å²) in [5, 5.41) is 4.66. The number of amides is 1. The summed E-state index contributed by atoms with van der Waals surface area (Å²) >= 11 is 13.2. The lowest BCUT2D eigenvalue weighted by atomic mass is 10.1. The van der Waals surface area contributed by atoms with Gasteiger partial charge in [0.25, 0.3) is 5.91 Å². The molecule has 0 spiro atoms. The van der Waals surface area contributed by atoms with Gasteiger partial charge in [0.05, 0.1) is 0 Å². The van der Waals surface area contributed by atoms with E-state index in [4.69, 9.17) is 27.6 Å². The fourth-order valence-corrected chi connectivity index (χ4v) is 3.73. The Labute approximate surface area is 175 Å². The number of nitrogens with one attached hydrogen (secondary N) is 1. The number of rotatable bonds is 5. The fourth-order valence-electron chi connectivity index (χ4n) is 2.64. The maximum Gasteiger partial charge on any atom is 0.293 e. The van der Waals surface area contributed by atoms with Crippen molar-refractivity contribution in [2.24, 2.45) is 0 Å². The number of anilines is 1. The van der Waals surface area contributed by atoms with Crippen LogP contribution in [0.4, 0.5) is 5.13 Å². The highest BCUT2D eigenvalue weighted by atomic mass is 35.5. The summed E-state index contributed by atoms with van der Waals surface area (Å²) in [5.41, 5.74) is 1.98. The van der Waals surface area contributed by atoms with E-state index in [9.17, 15) is 4.79 Å². The maximum atomic E-state index is 12.4. The first-order valence-electron chi connectivity index (χ1n) is 8.43. The van der Waals surface area contributed by atoms with Gasteiger partial charge in [0.15, 0.2) is 10.9 Å². The summed E-state index contributed by atoms with van der Waals surface area (Å²) < 4.78 is 5.67. The van der Waals surface area contributed by atoms with Crippen molar-refractivity contribution in [3.8, 4) is 11.3 Å². The van der Waals surface area contributed by atoms with Crippen molar-refractivity contribution in [2.75, 3.05) is 5.32 Å². The van der Waals surface area contributed by atoms with Crippen LogP contribution in [0, 0.1) is 0 Å². The van der Waals surface area contributed by atoms with Crippen molar-refractivity contribution in [1.29, 1.82) is 0 Å². The summed E-state index contributed by atoms with van der Waals surface area (Å²) in [6, 6.07) is 18.3. The van der Waals surface area contributed by atoms with Crippen molar-refractivity contribution in [1.82, 2.24) is 4.98 Å². The molecule has 2 aromatic heterocycles. The third-order valence-corrected chi connectivity index (χ3v) is 5.44. The number of hydrogen-bond donors (Lipinski definition) is 1. The molecule has 2 aromatic carbocycles. The summed E-state index contributed by atoms with van der Waals surface area (Å²) in [5.74, 6) is 0.483. The van der Waals surface area contributed by atoms with Crippen molar-refractivity contribution < 1.29 is 9.21 Å². The average Bonchev–Trinajstić information content (AvgIpc) is 3.34. The van der Waals surface area contributed by atoms with Crippen LogP contribution in [0.3, 0.4) is 0 Å². The molecule has 0 unspecified atom stereocenters. The van der Waals surface area contributed by atoms with Gasteiger partial charge < -0.3 is 4.42 Å². The number of hydrogen-bond acceptors (Lipinski definition) is 4. The molecule has 4 aromatic rings. The van der Waals surface area contributed by atoms with Crippen molar-refractivity contribution >= 4 is 45.6 Å². The van der Waals surface area contributed by atoms with Crippen LogP contribution in [0.15, 0.2) is 71.3 Å². The van der Waals surface area contributed by atoms with Crippen molar-refractivity contribution in [3.63, 3.8) is 0 Å². The van der Waals surface area contributed by atoms with Crippen LogP contribution in [0.5, 0.6) is 0 Å². The Hall–Kier alpha value is -2.60. The lowest BCUT2D eigenvalue weighted by Gasteiger charge is -2.00. The lowest BCUT2D eigenvalue weighted by Crippen LogP contribution is -2.10. The number of benzene rings is 2. The van der Waals surface area contributed by atoms with Gasteiger partial charge >= 0.3 is 0 Å². The average molecular weight is 429 g/mol. The van der Waals surface area contributed by atoms with Crippen LogP contribution < -0.4 is 5.32 Å². The first kappa shape index (κ1) is 18.7. The van der Waals surface area contributed by atoms with Gasteiger partial charge in [0.2, 0.25) is 0 Å². The fraction of sp³-hybridized carbons (Fsp3) is 0.0476. The van der Waals surface area contributed by atoms with E-state index in [1.807, 2.05) is 36.4 Å². The zero-order valence-electron chi connectivity index (χ0n) is 14.5. The predicted molar refractivity (Wildman–Crippen MR) is 113 cm³/mol. The zero-order chi connectivity index (χ0) is 19.5. The highest BCUT2D eigenvalue weighted by Crippen LogP contribution is 2.26. The second-order valence-electron chi connectivity index (χ2n) is 6.06. The van der Waals surface area contributed by atoms with Crippen LogP contribution >= 0.6 is 34.5 Å². The molecule has 7 heteroatoms. The van der Waals surface area contributed by atoms with Gasteiger partial charge in [0.1, 0.15) is 5.76 Å². The number of thiazole rings is 1. The Morgan fingerprint density at radius 1 is 0.964 bits per heavy atom. The molecule has 0 aliphatic rings. The summed E-state index contributed by atoms with van der Waals surface area (Å²) in [6.45, 7) is 0. The standard InChI is InChI=1S/C21H14Cl2N2O2S/c22-15-5-1-13(2-6-15)11-17-12-24-21(28-17)25-20(26)19-10-9-18(27-19)14-3-7-16(23)8-4-14/h1-10,12H,11H2,(H,24,25,26). The van der Waals surface area contributed by atoms with E-state index in [1.54, 1.807) is 30.5 Å². The summed E-state index contributed by atoms with van der Waals surface area (Å²) in [4.78, 5) is 17.8. The van der Waals surface area contributed by atoms with Crippen LogP contribution in [-0.4, -0.2) is 10.9 Å². The normalized spacial score (nSPS) is 10.8. The number of carbonyl (C=O) groups excluding carboxylic acids is 1. The minimum absolute atomic E-state index is 0.222. The molecular formula is C21H14Cl2N2O2S. The number of carbonyl (C=O) groups is 1. The van der Waals surface area contributed by atoms with Crippen LogP contribution in [0.25, 0.3) is 11.3 Å². The van der Waals surface area contributed by atoms with E-state index in [2.05, 4.69) is 10.3 Å². The molecule has 4 nitrogen and oxygen atoms in total. The predicted octanol–water partition coefficient (Wildman–Crippen LogP) is 6.55. The van der Waals surface area contributed by atoms with Gasteiger partial charge in [-0.3, -0.25) is 10.1 Å². The molecule has 0 atom stereocenters. The monoisotopic (exact) mass is 428 g/mol. The molecule has 28 heavy (non-hydrogen) atoms. The topological polar surface area (TPSA) is 55.1 Å². The number of furan rings is 1. The minimum atomic E-state index is -0.340. The highest BCUT2D eigenvalue weighted by molar-refractivity contribution is 7.15. The Balaban J connectivity index is 1.42. The van der Waals surface area contributed by atoms with Gasteiger partial charge in [-0.1, -0.05) is 35.3 Å². The number of halogens is 2. The van der Waals surface area contributed by atoms with E-state index in [0.717, 1.165) is 22.4 Å². The molecule has 4 rings (SSSR count). The van der Waals surface area contributed by atoms with E-state index < -0.39 is 0 Å². The minimum Gasteiger partial charge on any atom is -0.451 e. The molecule has 2 heterocycles. The molecule has 0 aliphatic heterocycles. The third-order valence-electron chi connectivity index (χ3n) is 4.02. The van der Waals surface area contributed by atoms with Crippen LogP contribution in [-0.2, 0) is 6.42 Å². The number of aromatic nitrogens is 1. The van der Waals surface area contributed by atoms with Gasteiger partial charge in [-0.2, -0.15) is 0 Å². The summed E-state index contributed by atoms with van der Waals surface area (Å²) in [7, 11) is 0. The second-order valence-corrected chi connectivity index (χ2v) is 8.05. The Kier molecular flexibility index (Phi) is 5.48. The first-order chi connectivity index (χ1) is 13.6. The van der Waals surface area contributed by atoms with Gasteiger partial charge in [-0.25, -0.2) is 4.98 Å². The number of nitrogens with zero attached hydrogens (tertiary/aromatic N) is 1. The molecule has 0 fully saturated rings. The van der Waals surface area contributed by atoms with Gasteiger partial charge in [0, 0.05) is 33.1 Å². The van der Waals surface area contributed by atoms with Crippen LogP contribution in [0.2, 0.25) is 10.0 Å². The molecule has 0 aliphatic carbocycles. The first-order valence-corrected chi connectivity index (χ1v) is 10.0. The van der Waals surface area contributed by atoms with Gasteiger partial charge in [-0.15, -0.1) is 11.3 Å². The van der Waals surface area contributed by atoms with Gasteiger partial charge in [-0.05, 0) is 54.1 Å². The Bertz CT molecular complexity index is 1100. The Morgan fingerprint density at radius 2 is 1.64 bits per heavy atom. The highest BCUT2D eigenvalue weighted by Gasteiger charge is 2.14. The van der Waals surface area contributed by atoms with E-state index in [0.29, 0.717) is 20.9 Å². The SMILES string of the molecule is O=C(Nc1ncc(Cc2ccc(Cl)cc2)s1)c1ccc(-c2ccc(Cl)cc2)o1. The van der Waals surface area contributed by atoms with E-state index >= 15 is 0 Å². The summed E-state index contributed by atoms with van der Waals surface area (Å²) in [6.07, 6.45) is 2.49. The van der Waals surface area contributed by atoms with Crippen molar-refractivity contribution in [2.45, 2.75) is 6.42 Å². The molecule has 1 amide bonds. The molecule has 0 saturated heterocycles. The Morgan fingerprint density at radius 3 is 2.36 bits per heavy atom. The van der Waals surface area contributed by atoms with Crippen molar-refractivity contribution in [3.05, 3.63) is 93.1 Å². The molecule has 0 saturated carbocycles. The quantitative estimate of drug-likeness (QED) is 0.391. The molecular weight excluding hydrogens is 415 g/mol. The largest absolute Gasteiger partial charge is 0.451 e. The molecule has 0 bridgehead atoms. The molecule has 140 valence electrons. The van der Waals surface area contributed by atoms with E-state index in [1.165, 1.54) is 11.3 Å². The van der Waals surface area contributed by atoms with Crippen LogP contribution in [0.1, 0.15) is 21.0 Å². The maximum absolute atomic E-state index is 12.4. The third kappa shape index (κ3) is 4.44. The van der Waals surface area contributed by atoms with E-state index in [-0.39, 0.29) is 11.7 Å². The second kappa shape index (κ2) is 8.19. The molecule has 1 N–H and O–H groups in total. The zero-order valence-corrected chi connectivity index (χ0v) is 16.8.